The second-order valence-corrected chi connectivity index (χ2v) is 5.84. The number of alkyl halides is 6. The highest BCUT2D eigenvalue weighted by Crippen LogP contribution is 2.41. The Bertz CT molecular complexity index is 792. The van der Waals surface area contributed by atoms with Crippen molar-refractivity contribution in [1.82, 2.24) is 0 Å². The highest BCUT2D eigenvalue weighted by molar-refractivity contribution is 5.81. The Labute approximate surface area is 134 Å². The molecule has 0 N–H and O–H groups in total. The predicted molar refractivity (Wildman–Crippen MR) is 79.2 cm³/mol. The van der Waals surface area contributed by atoms with Crippen LogP contribution in [0.3, 0.4) is 0 Å². The van der Waals surface area contributed by atoms with Crippen molar-refractivity contribution >= 4 is 6.08 Å². The summed E-state index contributed by atoms with van der Waals surface area (Å²) >= 11 is 0. The fraction of sp³-hybridized carbons (Fsp3) is 0.222. The molecular weight excluding hydrogens is 330 g/mol. The van der Waals surface area contributed by atoms with Crippen LogP contribution in [0, 0.1) is 0 Å². The Kier molecular flexibility index (Phi) is 3.73. The molecule has 0 radical (unpaired) electrons. The lowest BCUT2D eigenvalue weighted by atomic mass is 9.94. The van der Waals surface area contributed by atoms with Crippen LogP contribution in [-0.2, 0) is 18.8 Å². The van der Waals surface area contributed by atoms with E-state index in [4.69, 9.17) is 0 Å². The van der Waals surface area contributed by atoms with Gasteiger partial charge in [-0.25, -0.2) is 0 Å². The van der Waals surface area contributed by atoms with E-state index in [-0.39, 0.29) is 11.6 Å². The quantitative estimate of drug-likeness (QED) is 0.530. The fourth-order valence-corrected chi connectivity index (χ4v) is 2.90. The first-order valence-corrected chi connectivity index (χ1v) is 7.14. The Morgan fingerprint density at radius 1 is 0.833 bits per heavy atom. The van der Waals surface area contributed by atoms with Gasteiger partial charge in [0, 0.05) is 0 Å². The molecule has 6 heteroatoms. The Morgan fingerprint density at radius 3 is 1.96 bits per heavy atom. The number of hydrogen-bond acceptors (Lipinski definition) is 0. The van der Waals surface area contributed by atoms with E-state index in [1.165, 1.54) is 0 Å². The molecule has 0 nitrogen and oxygen atoms in total. The van der Waals surface area contributed by atoms with Crippen LogP contribution in [0.15, 0.2) is 42.0 Å². The summed E-state index contributed by atoms with van der Waals surface area (Å²) in [7, 11) is 0. The minimum absolute atomic E-state index is 0.0834. The van der Waals surface area contributed by atoms with Gasteiger partial charge in [0.05, 0.1) is 11.1 Å². The standard InChI is InChI=1S/C18H12F6/c1-10-5-11-3-2-4-15(16(11)6-10)12-7-13(17(19,20)21)9-14(8-12)18(22,23)24/h2-4,6-9H,5H2,1H3. The van der Waals surface area contributed by atoms with E-state index >= 15 is 0 Å². The van der Waals surface area contributed by atoms with Gasteiger partial charge in [-0.3, -0.25) is 0 Å². The molecule has 126 valence electrons. The molecule has 2 aromatic carbocycles. The summed E-state index contributed by atoms with van der Waals surface area (Å²) in [6.07, 6.45) is -7.24. The average molecular weight is 342 g/mol. The molecule has 0 aromatic heterocycles. The zero-order valence-corrected chi connectivity index (χ0v) is 12.5. The van der Waals surface area contributed by atoms with Crippen LogP contribution in [0.2, 0.25) is 0 Å². The lowest BCUT2D eigenvalue weighted by Gasteiger charge is -2.15. The van der Waals surface area contributed by atoms with Gasteiger partial charge in [0.1, 0.15) is 0 Å². The Balaban J connectivity index is 2.25. The molecular formula is C18H12F6. The summed E-state index contributed by atoms with van der Waals surface area (Å²) in [5, 5.41) is 0. The van der Waals surface area contributed by atoms with Gasteiger partial charge in [-0.1, -0.05) is 29.8 Å². The van der Waals surface area contributed by atoms with Crippen LogP contribution in [0.25, 0.3) is 17.2 Å². The number of fused-ring (bicyclic) bond motifs is 1. The second kappa shape index (κ2) is 5.40. The van der Waals surface area contributed by atoms with Gasteiger partial charge in [0.25, 0.3) is 0 Å². The molecule has 0 spiro atoms. The molecule has 24 heavy (non-hydrogen) atoms. The van der Waals surface area contributed by atoms with Crippen molar-refractivity contribution in [3.05, 3.63) is 64.2 Å². The molecule has 0 saturated carbocycles. The maximum Gasteiger partial charge on any atom is 0.416 e. The van der Waals surface area contributed by atoms with Crippen LogP contribution in [-0.4, -0.2) is 0 Å². The van der Waals surface area contributed by atoms with Crippen molar-refractivity contribution < 1.29 is 26.3 Å². The monoisotopic (exact) mass is 342 g/mol. The highest BCUT2D eigenvalue weighted by Gasteiger charge is 2.37. The Morgan fingerprint density at radius 2 is 1.42 bits per heavy atom. The molecule has 0 atom stereocenters. The number of halogens is 6. The van der Waals surface area contributed by atoms with E-state index in [2.05, 4.69) is 0 Å². The van der Waals surface area contributed by atoms with Crippen molar-refractivity contribution in [3.8, 4) is 11.1 Å². The van der Waals surface area contributed by atoms with E-state index in [0.29, 0.717) is 17.5 Å². The van der Waals surface area contributed by atoms with E-state index in [0.717, 1.165) is 23.3 Å². The van der Waals surface area contributed by atoms with Gasteiger partial charge >= 0.3 is 12.4 Å². The predicted octanol–water partition coefficient (Wildman–Crippen LogP) is 6.35. The number of allylic oxidation sites excluding steroid dienone is 1. The molecule has 0 amide bonds. The SMILES string of the molecule is CC1=Cc2c(cccc2-c2cc(C(F)(F)F)cc(C(F)(F)F)c2)C1. The zero-order valence-electron chi connectivity index (χ0n) is 12.5. The Hall–Kier alpha value is -2.24. The second-order valence-electron chi connectivity index (χ2n) is 5.84. The lowest BCUT2D eigenvalue weighted by Crippen LogP contribution is -2.11. The van der Waals surface area contributed by atoms with E-state index in [9.17, 15) is 26.3 Å². The third-order valence-electron chi connectivity index (χ3n) is 3.96. The molecule has 2 aromatic rings. The van der Waals surface area contributed by atoms with Gasteiger partial charge in [-0.15, -0.1) is 0 Å². The molecule has 0 fully saturated rings. The summed E-state index contributed by atoms with van der Waals surface area (Å²) in [5.74, 6) is 0. The van der Waals surface area contributed by atoms with E-state index < -0.39 is 23.5 Å². The minimum Gasteiger partial charge on any atom is -0.166 e. The van der Waals surface area contributed by atoms with Crippen LogP contribution in [0.5, 0.6) is 0 Å². The summed E-state index contributed by atoms with van der Waals surface area (Å²) in [4.78, 5) is 0. The molecule has 0 heterocycles. The lowest BCUT2D eigenvalue weighted by molar-refractivity contribution is -0.143. The summed E-state index contributed by atoms with van der Waals surface area (Å²) in [6, 6.07) is 6.70. The first-order valence-electron chi connectivity index (χ1n) is 7.14. The number of rotatable bonds is 1. The molecule has 0 saturated heterocycles. The normalized spacial score (nSPS) is 14.5. The summed E-state index contributed by atoms with van der Waals surface area (Å²) in [5.41, 5.74) is 0.284. The fourth-order valence-electron chi connectivity index (χ4n) is 2.90. The van der Waals surface area contributed by atoms with Gasteiger partial charge in [0.2, 0.25) is 0 Å². The van der Waals surface area contributed by atoms with Gasteiger partial charge in [0.15, 0.2) is 0 Å². The van der Waals surface area contributed by atoms with Crippen molar-refractivity contribution in [3.63, 3.8) is 0 Å². The third kappa shape index (κ3) is 3.05. The molecule has 1 aliphatic carbocycles. The van der Waals surface area contributed by atoms with Crippen LogP contribution in [0.1, 0.15) is 29.2 Å². The third-order valence-corrected chi connectivity index (χ3v) is 3.96. The first kappa shape index (κ1) is 16.6. The molecule has 3 rings (SSSR count). The molecule has 0 unspecified atom stereocenters. The van der Waals surface area contributed by atoms with Gasteiger partial charge in [-0.05, 0) is 53.8 Å². The van der Waals surface area contributed by atoms with Crippen LogP contribution in [0.4, 0.5) is 26.3 Å². The van der Waals surface area contributed by atoms with Gasteiger partial charge < -0.3 is 0 Å². The zero-order chi connectivity index (χ0) is 17.7. The minimum atomic E-state index is -4.85. The molecule has 0 aliphatic heterocycles. The van der Waals surface area contributed by atoms with Crippen molar-refractivity contribution in [2.45, 2.75) is 25.7 Å². The van der Waals surface area contributed by atoms with Crippen LogP contribution < -0.4 is 0 Å². The topological polar surface area (TPSA) is 0 Å². The van der Waals surface area contributed by atoms with Crippen molar-refractivity contribution in [1.29, 1.82) is 0 Å². The number of hydrogen-bond donors (Lipinski definition) is 0. The molecule has 1 aliphatic rings. The smallest absolute Gasteiger partial charge is 0.166 e. The largest absolute Gasteiger partial charge is 0.416 e. The van der Waals surface area contributed by atoms with E-state index in [1.54, 1.807) is 18.2 Å². The maximum atomic E-state index is 13.0. The highest BCUT2D eigenvalue weighted by atomic mass is 19.4. The van der Waals surface area contributed by atoms with E-state index in [1.807, 2.05) is 13.0 Å². The average Bonchev–Trinajstić information content (AvgIpc) is 2.84. The first-order chi connectivity index (χ1) is 11.1. The number of benzene rings is 2. The van der Waals surface area contributed by atoms with Gasteiger partial charge in [-0.2, -0.15) is 26.3 Å². The summed E-state index contributed by atoms with van der Waals surface area (Å²) in [6.45, 7) is 1.87. The molecule has 0 bridgehead atoms. The van der Waals surface area contributed by atoms with Crippen molar-refractivity contribution in [2.75, 3.05) is 0 Å². The maximum absolute atomic E-state index is 13.0. The summed E-state index contributed by atoms with van der Waals surface area (Å²) < 4.78 is 78.1. The van der Waals surface area contributed by atoms with Crippen molar-refractivity contribution in [2.24, 2.45) is 0 Å². The van der Waals surface area contributed by atoms with Crippen LogP contribution >= 0.6 is 0 Å².